The summed E-state index contributed by atoms with van der Waals surface area (Å²) in [5, 5.41) is 4.45. The number of halogens is 2. The molecule has 0 atom stereocenters. The fraction of sp³-hybridized carbons (Fsp3) is 0.308. The van der Waals surface area contributed by atoms with Crippen LogP contribution in [0.25, 0.3) is 5.69 Å². The molecule has 2 N–H and O–H groups in total. The summed E-state index contributed by atoms with van der Waals surface area (Å²) >= 11 is 5.69. The fourth-order valence-electron chi connectivity index (χ4n) is 1.84. The van der Waals surface area contributed by atoms with Gasteiger partial charge in [0.2, 0.25) is 0 Å². The first-order valence-corrected chi connectivity index (χ1v) is 6.27. The van der Waals surface area contributed by atoms with Crippen molar-refractivity contribution < 1.29 is 4.39 Å². The predicted molar refractivity (Wildman–Crippen MR) is 71.7 cm³/mol. The molecule has 0 spiro atoms. The molecule has 0 aliphatic heterocycles. The molecule has 0 saturated carbocycles. The third-order valence-corrected chi connectivity index (χ3v) is 3.15. The second-order valence-electron chi connectivity index (χ2n) is 4.07. The number of hydrogen-bond acceptors (Lipinski definition) is 2. The maximum absolute atomic E-state index is 13.5. The maximum Gasteiger partial charge on any atom is 0.144 e. The number of nitrogen functional groups attached to an aromatic ring is 1. The summed E-state index contributed by atoms with van der Waals surface area (Å²) in [6, 6.07) is 4.74. The van der Waals surface area contributed by atoms with Crippen LogP contribution in [0.15, 0.2) is 18.2 Å². The lowest BCUT2D eigenvalue weighted by Crippen LogP contribution is -2.06. The summed E-state index contributed by atoms with van der Waals surface area (Å²) in [4.78, 5) is 0. The van der Waals surface area contributed by atoms with E-state index in [4.69, 9.17) is 17.3 Å². The molecule has 96 valence electrons. The highest BCUT2D eigenvalue weighted by Crippen LogP contribution is 2.26. The van der Waals surface area contributed by atoms with Crippen LogP contribution in [-0.4, -0.2) is 9.78 Å². The summed E-state index contributed by atoms with van der Waals surface area (Å²) in [6.45, 7) is 4.05. The van der Waals surface area contributed by atoms with Crippen LogP contribution in [0, 0.1) is 5.82 Å². The summed E-state index contributed by atoms with van der Waals surface area (Å²) < 4.78 is 15.2. The van der Waals surface area contributed by atoms with Gasteiger partial charge in [0.15, 0.2) is 0 Å². The average Bonchev–Trinajstić information content (AvgIpc) is 2.77. The van der Waals surface area contributed by atoms with Gasteiger partial charge in [-0.05, 0) is 25.0 Å². The van der Waals surface area contributed by atoms with E-state index in [0.29, 0.717) is 11.4 Å². The number of aryl methyl sites for hydroxylation is 2. The molecule has 0 radical (unpaired) electrons. The second kappa shape index (κ2) is 4.98. The van der Waals surface area contributed by atoms with Crippen molar-refractivity contribution in [3.05, 3.63) is 40.4 Å². The number of nitrogens with zero attached hydrogens (tertiary/aromatic N) is 2. The lowest BCUT2D eigenvalue weighted by molar-refractivity contribution is 0.625. The summed E-state index contributed by atoms with van der Waals surface area (Å²) in [5.41, 5.74) is 8.80. The number of anilines is 1. The van der Waals surface area contributed by atoms with Gasteiger partial charge in [-0.2, -0.15) is 5.10 Å². The maximum atomic E-state index is 13.5. The van der Waals surface area contributed by atoms with Crippen LogP contribution in [0.5, 0.6) is 0 Å². The number of hydrogen-bond donors (Lipinski definition) is 1. The third kappa shape index (κ3) is 2.20. The molecule has 0 amide bonds. The first-order chi connectivity index (χ1) is 8.56. The van der Waals surface area contributed by atoms with Crippen LogP contribution in [0.4, 0.5) is 10.1 Å². The molecule has 0 saturated heterocycles. The molecular weight excluding hydrogens is 253 g/mol. The lowest BCUT2D eigenvalue weighted by Gasteiger charge is -2.10. The van der Waals surface area contributed by atoms with Crippen LogP contribution in [0.3, 0.4) is 0 Å². The van der Waals surface area contributed by atoms with Crippen molar-refractivity contribution in [3.8, 4) is 5.69 Å². The van der Waals surface area contributed by atoms with Gasteiger partial charge in [-0.3, -0.25) is 0 Å². The molecule has 0 aliphatic rings. The number of benzene rings is 1. The van der Waals surface area contributed by atoms with Crippen molar-refractivity contribution in [2.75, 3.05) is 5.73 Å². The van der Waals surface area contributed by atoms with Gasteiger partial charge in [-0.1, -0.05) is 25.4 Å². The SMILES string of the molecule is CCc1cc(CC)n(-c2cc(F)c(Cl)cc2N)n1. The molecule has 0 fully saturated rings. The van der Waals surface area contributed by atoms with Crippen molar-refractivity contribution in [2.24, 2.45) is 0 Å². The van der Waals surface area contributed by atoms with Gasteiger partial charge in [0.05, 0.1) is 22.1 Å². The highest BCUT2D eigenvalue weighted by Gasteiger charge is 2.13. The van der Waals surface area contributed by atoms with E-state index in [9.17, 15) is 4.39 Å². The van der Waals surface area contributed by atoms with E-state index in [1.165, 1.54) is 12.1 Å². The first-order valence-electron chi connectivity index (χ1n) is 5.89. The van der Waals surface area contributed by atoms with E-state index in [-0.39, 0.29) is 5.02 Å². The third-order valence-electron chi connectivity index (χ3n) is 2.86. The van der Waals surface area contributed by atoms with Gasteiger partial charge >= 0.3 is 0 Å². The van der Waals surface area contributed by atoms with Gasteiger partial charge in [0.25, 0.3) is 0 Å². The Hall–Kier alpha value is -1.55. The van der Waals surface area contributed by atoms with E-state index in [1.807, 2.05) is 19.9 Å². The van der Waals surface area contributed by atoms with E-state index < -0.39 is 5.82 Å². The Morgan fingerprint density at radius 2 is 2.00 bits per heavy atom. The molecule has 5 heteroatoms. The van der Waals surface area contributed by atoms with Gasteiger partial charge in [-0.15, -0.1) is 0 Å². The molecule has 1 aromatic carbocycles. The second-order valence-corrected chi connectivity index (χ2v) is 4.48. The van der Waals surface area contributed by atoms with Gasteiger partial charge in [0, 0.05) is 11.8 Å². The van der Waals surface area contributed by atoms with E-state index >= 15 is 0 Å². The molecule has 1 heterocycles. The number of aromatic nitrogens is 2. The van der Waals surface area contributed by atoms with Crippen LogP contribution in [-0.2, 0) is 12.8 Å². The standard InChI is InChI=1S/C13H15ClFN3/c1-3-8-5-9(4-2)18(17-8)13-7-11(15)10(14)6-12(13)16/h5-7H,3-4,16H2,1-2H3. The van der Waals surface area contributed by atoms with Crippen molar-refractivity contribution in [1.29, 1.82) is 0 Å². The van der Waals surface area contributed by atoms with E-state index in [0.717, 1.165) is 24.2 Å². The fourth-order valence-corrected chi connectivity index (χ4v) is 2.02. The normalized spacial score (nSPS) is 10.9. The Labute approximate surface area is 110 Å². The highest BCUT2D eigenvalue weighted by atomic mass is 35.5. The largest absolute Gasteiger partial charge is 0.397 e. The molecule has 0 bridgehead atoms. The summed E-state index contributed by atoms with van der Waals surface area (Å²) in [5.74, 6) is -0.489. The first kappa shape index (κ1) is 12.9. The van der Waals surface area contributed by atoms with Gasteiger partial charge in [-0.25, -0.2) is 9.07 Å². The Morgan fingerprint density at radius 3 is 2.61 bits per heavy atom. The molecule has 18 heavy (non-hydrogen) atoms. The van der Waals surface area contributed by atoms with Crippen molar-refractivity contribution in [1.82, 2.24) is 9.78 Å². The molecule has 0 aliphatic carbocycles. The molecule has 3 nitrogen and oxygen atoms in total. The van der Waals surface area contributed by atoms with E-state index in [2.05, 4.69) is 5.10 Å². The monoisotopic (exact) mass is 267 g/mol. The Kier molecular flexibility index (Phi) is 3.57. The summed E-state index contributed by atoms with van der Waals surface area (Å²) in [7, 11) is 0. The predicted octanol–water partition coefficient (Wildman–Crippen LogP) is 3.37. The van der Waals surface area contributed by atoms with Gasteiger partial charge < -0.3 is 5.73 Å². The minimum Gasteiger partial charge on any atom is -0.397 e. The van der Waals surface area contributed by atoms with Crippen molar-refractivity contribution in [2.45, 2.75) is 26.7 Å². The lowest BCUT2D eigenvalue weighted by atomic mass is 10.2. The van der Waals surface area contributed by atoms with Gasteiger partial charge in [0.1, 0.15) is 5.82 Å². The van der Waals surface area contributed by atoms with E-state index in [1.54, 1.807) is 4.68 Å². The molecule has 0 unspecified atom stereocenters. The summed E-state index contributed by atoms with van der Waals surface area (Å²) in [6.07, 6.45) is 1.63. The van der Waals surface area contributed by atoms with Crippen molar-refractivity contribution in [3.63, 3.8) is 0 Å². The average molecular weight is 268 g/mol. The number of nitrogens with two attached hydrogens (primary N) is 1. The minimum atomic E-state index is -0.489. The molecule has 2 rings (SSSR count). The van der Waals surface area contributed by atoms with Crippen molar-refractivity contribution >= 4 is 17.3 Å². The Balaban J connectivity index is 2.60. The molecular formula is C13H15ClFN3. The Bertz CT molecular complexity index is 578. The molecule has 1 aromatic heterocycles. The topological polar surface area (TPSA) is 43.8 Å². The Morgan fingerprint density at radius 1 is 1.28 bits per heavy atom. The molecule has 2 aromatic rings. The zero-order valence-electron chi connectivity index (χ0n) is 10.4. The smallest absolute Gasteiger partial charge is 0.144 e. The van der Waals surface area contributed by atoms with Crippen LogP contribution in [0.1, 0.15) is 25.2 Å². The van der Waals surface area contributed by atoms with Crippen LogP contribution in [0.2, 0.25) is 5.02 Å². The number of rotatable bonds is 3. The van der Waals surface area contributed by atoms with Crippen LogP contribution < -0.4 is 5.73 Å². The zero-order valence-corrected chi connectivity index (χ0v) is 11.1. The highest BCUT2D eigenvalue weighted by molar-refractivity contribution is 6.31. The quantitative estimate of drug-likeness (QED) is 0.867. The zero-order chi connectivity index (χ0) is 13.3. The van der Waals surface area contributed by atoms with Crippen LogP contribution >= 0.6 is 11.6 Å². The minimum absolute atomic E-state index is 0.0252.